The van der Waals surface area contributed by atoms with E-state index in [9.17, 15) is 0 Å². The molecule has 1 N–H and O–H groups in total. The van der Waals surface area contributed by atoms with E-state index in [4.69, 9.17) is 16.3 Å². The Balaban J connectivity index is 1.83. The minimum atomic E-state index is 0.207. The van der Waals surface area contributed by atoms with Gasteiger partial charge in [0, 0.05) is 12.6 Å². The lowest BCUT2D eigenvalue weighted by Crippen LogP contribution is -2.14. The Morgan fingerprint density at radius 3 is 2.91 bits per heavy atom. The number of aromatic nitrogens is 4. The van der Waals surface area contributed by atoms with E-state index in [2.05, 4.69) is 20.3 Å². The maximum Gasteiger partial charge on any atom is 0.238 e. The number of rotatable bonds is 6. The molecule has 23 heavy (non-hydrogen) atoms. The van der Waals surface area contributed by atoms with Crippen molar-refractivity contribution in [3.63, 3.8) is 0 Å². The largest absolute Gasteiger partial charge is 0.377 e. The van der Waals surface area contributed by atoms with Gasteiger partial charge in [-0.2, -0.15) is 4.98 Å². The highest BCUT2D eigenvalue weighted by Gasteiger charge is 2.09. The molecule has 0 unspecified atom stereocenters. The molecule has 0 atom stereocenters. The van der Waals surface area contributed by atoms with E-state index in [1.165, 1.54) is 0 Å². The van der Waals surface area contributed by atoms with Crippen LogP contribution in [0.5, 0.6) is 0 Å². The maximum absolute atomic E-state index is 6.13. The topological polar surface area (TPSA) is 64.9 Å². The van der Waals surface area contributed by atoms with Crippen LogP contribution in [0.1, 0.15) is 13.8 Å². The Labute approximate surface area is 139 Å². The van der Waals surface area contributed by atoms with Crippen LogP contribution in [-0.2, 0) is 4.74 Å². The molecule has 0 fully saturated rings. The molecule has 2 aromatic heterocycles. The molecule has 0 amide bonds. The number of benzene rings is 1. The number of nitrogens with one attached hydrogen (secondary N) is 1. The zero-order valence-corrected chi connectivity index (χ0v) is 13.8. The fraction of sp³-hybridized carbons (Fsp3) is 0.312. The molecule has 6 nitrogen and oxygen atoms in total. The summed E-state index contributed by atoms with van der Waals surface area (Å²) >= 11 is 6.13. The van der Waals surface area contributed by atoms with Gasteiger partial charge in [-0.05, 0) is 26.0 Å². The minimum Gasteiger partial charge on any atom is -0.377 e. The quantitative estimate of drug-likeness (QED) is 0.554. The van der Waals surface area contributed by atoms with E-state index in [1.54, 1.807) is 12.4 Å². The summed E-state index contributed by atoms with van der Waals surface area (Å²) in [6.07, 6.45) is 1.90. The molecule has 2 heterocycles. The molecule has 0 saturated heterocycles. The summed E-state index contributed by atoms with van der Waals surface area (Å²) in [4.78, 5) is 13.1. The lowest BCUT2D eigenvalue weighted by Gasteiger charge is -2.10. The number of nitrogens with zero attached hydrogens (tertiary/aromatic N) is 4. The van der Waals surface area contributed by atoms with Crippen molar-refractivity contribution in [3.05, 3.63) is 41.8 Å². The van der Waals surface area contributed by atoms with Gasteiger partial charge in [0.1, 0.15) is 17.3 Å². The summed E-state index contributed by atoms with van der Waals surface area (Å²) in [5, 5.41) is 3.57. The third-order valence-electron chi connectivity index (χ3n) is 3.21. The van der Waals surface area contributed by atoms with E-state index < -0.39 is 0 Å². The second-order valence-electron chi connectivity index (χ2n) is 5.33. The molecule has 120 valence electrons. The van der Waals surface area contributed by atoms with E-state index >= 15 is 0 Å². The summed E-state index contributed by atoms with van der Waals surface area (Å²) in [5.41, 5.74) is 1.82. The number of imidazole rings is 1. The van der Waals surface area contributed by atoms with Gasteiger partial charge in [0.05, 0.1) is 23.7 Å². The monoisotopic (exact) mass is 331 g/mol. The lowest BCUT2D eigenvalue weighted by atomic mass is 10.3. The lowest BCUT2D eigenvalue weighted by molar-refractivity contribution is 0.0870. The minimum absolute atomic E-state index is 0.207. The van der Waals surface area contributed by atoms with Crippen molar-refractivity contribution in [1.82, 2.24) is 19.5 Å². The number of para-hydroxylation sites is 2. The fourth-order valence-electron chi connectivity index (χ4n) is 2.20. The second-order valence-corrected chi connectivity index (χ2v) is 5.71. The van der Waals surface area contributed by atoms with Crippen molar-refractivity contribution < 1.29 is 4.74 Å². The molecule has 1 aromatic carbocycles. The molecule has 0 saturated carbocycles. The molecule has 3 rings (SSSR count). The highest BCUT2D eigenvalue weighted by atomic mass is 35.5. The van der Waals surface area contributed by atoms with Crippen LogP contribution < -0.4 is 5.32 Å². The first-order chi connectivity index (χ1) is 11.1. The molecule has 0 bridgehead atoms. The molecule has 0 radical (unpaired) electrons. The number of hydrogen-bond acceptors (Lipinski definition) is 5. The summed E-state index contributed by atoms with van der Waals surface area (Å²) in [6, 6.07) is 9.50. The van der Waals surface area contributed by atoms with Crippen LogP contribution in [0.25, 0.3) is 17.0 Å². The molecule has 0 spiro atoms. The van der Waals surface area contributed by atoms with Crippen molar-refractivity contribution in [2.24, 2.45) is 0 Å². The van der Waals surface area contributed by atoms with Gasteiger partial charge in [-0.15, -0.1) is 0 Å². The van der Waals surface area contributed by atoms with Gasteiger partial charge in [0.15, 0.2) is 0 Å². The van der Waals surface area contributed by atoms with Gasteiger partial charge in [-0.1, -0.05) is 23.7 Å². The van der Waals surface area contributed by atoms with Crippen LogP contribution in [-0.4, -0.2) is 38.8 Å². The van der Waals surface area contributed by atoms with Crippen LogP contribution in [0.2, 0.25) is 5.15 Å². The average molecular weight is 332 g/mol. The van der Waals surface area contributed by atoms with Crippen molar-refractivity contribution >= 4 is 28.5 Å². The Morgan fingerprint density at radius 1 is 1.26 bits per heavy atom. The predicted molar refractivity (Wildman–Crippen MR) is 91.2 cm³/mol. The molecule has 3 aromatic rings. The van der Waals surface area contributed by atoms with Gasteiger partial charge >= 0.3 is 0 Å². The third kappa shape index (κ3) is 3.78. The van der Waals surface area contributed by atoms with Gasteiger partial charge in [-0.25, -0.2) is 9.97 Å². The average Bonchev–Trinajstić information content (AvgIpc) is 2.95. The normalized spacial score (nSPS) is 11.3. The van der Waals surface area contributed by atoms with Crippen molar-refractivity contribution in [2.45, 2.75) is 20.0 Å². The third-order valence-corrected chi connectivity index (χ3v) is 3.41. The summed E-state index contributed by atoms with van der Waals surface area (Å²) in [7, 11) is 0. The highest BCUT2D eigenvalue weighted by Crippen LogP contribution is 2.19. The first-order valence-corrected chi connectivity index (χ1v) is 7.84. The van der Waals surface area contributed by atoms with E-state index in [0.717, 1.165) is 11.0 Å². The number of hydrogen-bond donors (Lipinski definition) is 1. The highest BCUT2D eigenvalue weighted by molar-refractivity contribution is 6.29. The number of halogens is 1. The first-order valence-electron chi connectivity index (χ1n) is 7.46. The molecule has 0 aliphatic rings. The smallest absolute Gasteiger partial charge is 0.238 e. The van der Waals surface area contributed by atoms with Crippen LogP contribution in [0.3, 0.4) is 0 Å². The Kier molecular flexibility index (Phi) is 4.73. The van der Waals surface area contributed by atoms with Crippen molar-refractivity contribution in [3.8, 4) is 5.95 Å². The first kappa shape index (κ1) is 15.7. The Morgan fingerprint density at radius 2 is 2.09 bits per heavy atom. The van der Waals surface area contributed by atoms with Crippen molar-refractivity contribution in [1.29, 1.82) is 0 Å². The van der Waals surface area contributed by atoms with E-state index in [0.29, 0.717) is 30.1 Å². The van der Waals surface area contributed by atoms with Crippen molar-refractivity contribution in [2.75, 3.05) is 18.5 Å². The molecular formula is C16H18ClN5O. The zero-order chi connectivity index (χ0) is 16.2. The SMILES string of the molecule is CC(C)OCCNc1cc(Cl)nc(-n2cnc3ccccc32)n1. The molecular weight excluding hydrogens is 314 g/mol. The zero-order valence-electron chi connectivity index (χ0n) is 13.0. The Bertz CT molecular complexity index is 802. The molecule has 0 aliphatic heterocycles. The van der Waals surface area contributed by atoms with Crippen LogP contribution in [0.4, 0.5) is 5.82 Å². The molecule has 7 heteroatoms. The van der Waals surface area contributed by atoms with Crippen LogP contribution in [0.15, 0.2) is 36.7 Å². The van der Waals surface area contributed by atoms with E-state index in [1.807, 2.05) is 42.7 Å². The van der Waals surface area contributed by atoms with Gasteiger partial charge in [0.25, 0.3) is 0 Å². The standard InChI is InChI=1S/C16H18ClN5O/c1-11(2)23-8-7-18-15-9-14(17)20-16(21-15)22-10-19-12-5-3-4-6-13(12)22/h3-6,9-11H,7-8H2,1-2H3,(H,18,20,21). The van der Waals surface area contributed by atoms with Crippen LogP contribution in [0, 0.1) is 0 Å². The Hall–Kier alpha value is -2.18. The van der Waals surface area contributed by atoms with Crippen LogP contribution >= 0.6 is 11.6 Å². The molecule has 0 aliphatic carbocycles. The summed E-state index contributed by atoms with van der Waals surface area (Å²) < 4.78 is 7.32. The number of anilines is 1. The van der Waals surface area contributed by atoms with Gasteiger partial charge in [0.2, 0.25) is 5.95 Å². The summed E-state index contributed by atoms with van der Waals surface area (Å²) in [6.45, 7) is 5.26. The van der Waals surface area contributed by atoms with Gasteiger partial charge < -0.3 is 10.1 Å². The number of fused-ring (bicyclic) bond motifs is 1. The second kappa shape index (κ2) is 6.93. The fourth-order valence-corrected chi connectivity index (χ4v) is 2.38. The predicted octanol–water partition coefficient (Wildman–Crippen LogP) is 3.31. The van der Waals surface area contributed by atoms with E-state index in [-0.39, 0.29) is 6.10 Å². The van der Waals surface area contributed by atoms with Gasteiger partial charge in [-0.3, -0.25) is 4.57 Å². The number of ether oxygens (including phenoxy) is 1. The maximum atomic E-state index is 6.13. The summed E-state index contributed by atoms with van der Waals surface area (Å²) in [5.74, 6) is 1.14.